The molecular weight excluding hydrogens is 272 g/mol. The molecule has 108 valence electrons. The molecule has 2 aromatic carbocycles. The molecule has 6 nitrogen and oxygen atoms in total. The Morgan fingerprint density at radius 1 is 1.05 bits per heavy atom. The molecular formula is C15H14N2O4. The Bertz CT molecular complexity index is 636. The van der Waals surface area contributed by atoms with Crippen molar-refractivity contribution in [2.75, 3.05) is 18.5 Å². The van der Waals surface area contributed by atoms with Crippen LogP contribution < -0.4 is 5.32 Å². The summed E-state index contributed by atoms with van der Waals surface area (Å²) in [5, 5.41) is 13.9. The molecule has 1 saturated heterocycles. The third-order valence-electron chi connectivity index (χ3n) is 3.19. The molecule has 0 unspecified atom stereocenters. The maximum atomic E-state index is 10.7. The Balaban J connectivity index is 1.82. The quantitative estimate of drug-likeness (QED) is 0.689. The highest BCUT2D eigenvalue weighted by molar-refractivity contribution is 5.64. The largest absolute Gasteiger partial charge is 0.355 e. The summed E-state index contributed by atoms with van der Waals surface area (Å²) in [6.07, 6.45) is -0.369. The van der Waals surface area contributed by atoms with Crippen molar-refractivity contribution < 1.29 is 14.4 Å². The fourth-order valence-corrected chi connectivity index (χ4v) is 2.18. The molecule has 6 heteroatoms. The van der Waals surface area contributed by atoms with Gasteiger partial charge in [-0.25, -0.2) is 0 Å². The minimum absolute atomic E-state index is 0.0660. The minimum atomic E-state index is -0.419. The average Bonchev–Trinajstić information content (AvgIpc) is 3.02. The van der Waals surface area contributed by atoms with Crippen molar-refractivity contribution in [1.29, 1.82) is 0 Å². The third kappa shape index (κ3) is 3.01. The van der Waals surface area contributed by atoms with Crippen LogP contribution in [0, 0.1) is 10.1 Å². The zero-order valence-electron chi connectivity index (χ0n) is 11.2. The van der Waals surface area contributed by atoms with E-state index in [0.717, 1.165) is 16.9 Å². The van der Waals surface area contributed by atoms with E-state index in [-0.39, 0.29) is 12.0 Å². The second-order valence-electron chi connectivity index (χ2n) is 4.59. The number of hydrogen-bond acceptors (Lipinski definition) is 5. The highest BCUT2D eigenvalue weighted by Crippen LogP contribution is 2.31. The highest BCUT2D eigenvalue weighted by atomic mass is 16.7. The molecule has 0 aliphatic carbocycles. The maximum Gasteiger partial charge on any atom is 0.269 e. The van der Waals surface area contributed by atoms with Crippen LogP contribution in [0.15, 0.2) is 48.5 Å². The van der Waals surface area contributed by atoms with E-state index < -0.39 is 4.92 Å². The van der Waals surface area contributed by atoms with Crippen molar-refractivity contribution in [3.63, 3.8) is 0 Å². The molecule has 0 saturated carbocycles. The smallest absolute Gasteiger partial charge is 0.269 e. The number of nitro groups is 1. The SMILES string of the molecule is O=[N+]([O-])c1ccc(Nc2ccccc2C2OCCO2)cc1. The topological polar surface area (TPSA) is 73.6 Å². The standard InChI is InChI=1S/C15H14N2O4/c18-17(19)12-7-5-11(6-8-12)16-14-4-2-1-3-13(14)15-20-9-10-21-15/h1-8,15-16H,9-10H2. The number of benzene rings is 2. The Hall–Kier alpha value is -2.44. The van der Waals surface area contributed by atoms with Crippen LogP contribution in [0.25, 0.3) is 0 Å². The lowest BCUT2D eigenvalue weighted by atomic mass is 10.1. The third-order valence-corrected chi connectivity index (χ3v) is 3.19. The predicted octanol–water partition coefficient (Wildman–Crippen LogP) is 3.38. The fraction of sp³-hybridized carbons (Fsp3) is 0.200. The minimum Gasteiger partial charge on any atom is -0.355 e. The van der Waals surface area contributed by atoms with E-state index in [2.05, 4.69) is 5.32 Å². The average molecular weight is 286 g/mol. The van der Waals surface area contributed by atoms with E-state index in [4.69, 9.17) is 9.47 Å². The lowest BCUT2D eigenvalue weighted by molar-refractivity contribution is -0.384. The Kier molecular flexibility index (Phi) is 3.81. The molecule has 1 N–H and O–H groups in total. The first-order chi connectivity index (χ1) is 10.2. The van der Waals surface area contributed by atoms with Crippen LogP contribution in [0.3, 0.4) is 0 Å². The van der Waals surface area contributed by atoms with E-state index >= 15 is 0 Å². The molecule has 0 amide bonds. The molecule has 0 radical (unpaired) electrons. The summed E-state index contributed by atoms with van der Waals surface area (Å²) in [6, 6.07) is 14.0. The zero-order chi connectivity index (χ0) is 14.7. The highest BCUT2D eigenvalue weighted by Gasteiger charge is 2.21. The van der Waals surface area contributed by atoms with Crippen molar-refractivity contribution in [3.8, 4) is 0 Å². The lowest BCUT2D eigenvalue weighted by Gasteiger charge is -2.15. The Labute approximate surface area is 121 Å². The van der Waals surface area contributed by atoms with E-state index in [1.54, 1.807) is 12.1 Å². The van der Waals surface area contributed by atoms with Crippen LogP contribution in [0.2, 0.25) is 0 Å². The molecule has 1 aliphatic rings. The van der Waals surface area contributed by atoms with E-state index in [1.165, 1.54) is 12.1 Å². The lowest BCUT2D eigenvalue weighted by Crippen LogP contribution is -2.03. The number of hydrogen-bond donors (Lipinski definition) is 1. The van der Waals surface area contributed by atoms with Crippen LogP contribution in [-0.2, 0) is 9.47 Å². The summed E-state index contributed by atoms with van der Waals surface area (Å²) < 4.78 is 11.0. The monoisotopic (exact) mass is 286 g/mol. The molecule has 1 heterocycles. The molecule has 1 fully saturated rings. The second-order valence-corrected chi connectivity index (χ2v) is 4.59. The van der Waals surface area contributed by atoms with Crippen molar-refractivity contribution in [2.24, 2.45) is 0 Å². The number of para-hydroxylation sites is 1. The van der Waals surface area contributed by atoms with Crippen molar-refractivity contribution >= 4 is 17.1 Å². The normalized spacial score (nSPS) is 15.0. The van der Waals surface area contributed by atoms with Gasteiger partial charge in [0, 0.05) is 29.1 Å². The predicted molar refractivity (Wildman–Crippen MR) is 77.5 cm³/mol. The van der Waals surface area contributed by atoms with Gasteiger partial charge in [0.15, 0.2) is 6.29 Å². The van der Waals surface area contributed by atoms with Crippen molar-refractivity contribution in [2.45, 2.75) is 6.29 Å². The summed E-state index contributed by atoms with van der Waals surface area (Å²) in [5.41, 5.74) is 2.61. The van der Waals surface area contributed by atoms with Gasteiger partial charge in [-0.15, -0.1) is 0 Å². The van der Waals surface area contributed by atoms with Crippen molar-refractivity contribution in [1.82, 2.24) is 0 Å². The Morgan fingerprint density at radius 3 is 2.38 bits per heavy atom. The number of anilines is 2. The summed E-state index contributed by atoms with van der Waals surface area (Å²) in [7, 11) is 0. The van der Waals surface area contributed by atoms with Crippen molar-refractivity contribution in [3.05, 3.63) is 64.2 Å². The first-order valence-electron chi connectivity index (χ1n) is 6.57. The van der Waals surface area contributed by atoms with E-state index in [9.17, 15) is 10.1 Å². The Morgan fingerprint density at radius 2 is 1.71 bits per heavy atom. The van der Waals surface area contributed by atoms with Crippen LogP contribution in [-0.4, -0.2) is 18.1 Å². The number of non-ortho nitro benzene ring substituents is 1. The van der Waals surface area contributed by atoms with E-state index in [0.29, 0.717) is 13.2 Å². The number of ether oxygens (including phenoxy) is 2. The van der Waals surface area contributed by atoms with Gasteiger partial charge in [-0.1, -0.05) is 18.2 Å². The van der Waals surface area contributed by atoms with Crippen LogP contribution in [0.4, 0.5) is 17.1 Å². The first kappa shape index (κ1) is 13.5. The van der Waals surface area contributed by atoms with Gasteiger partial charge in [-0.3, -0.25) is 10.1 Å². The number of nitro benzene ring substituents is 1. The molecule has 3 rings (SSSR count). The molecule has 1 aliphatic heterocycles. The van der Waals surface area contributed by atoms with Gasteiger partial charge in [0.2, 0.25) is 0 Å². The van der Waals surface area contributed by atoms with Gasteiger partial charge in [0.05, 0.1) is 18.1 Å². The van der Waals surface area contributed by atoms with Gasteiger partial charge in [-0.05, 0) is 18.2 Å². The molecule has 0 atom stereocenters. The van der Waals surface area contributed by atoms with Crippen LogP contribution in [0.1, 0.15) is 11.9 Å². The summed E-state index contributed by atoms with van der Waals surface area (Å²) in [4.78, 5) is 10.2. The molecule has 21 heavy (non-hydrogen) atoms. The first-order valence-corrected chi connectivity index (χ1v) is 6.57. The fourth-order valence-electron chi connectivity index (χ4n) is 2.18. The maximum absolute atomic E-state index is 10.7. The van der Waals surface area contributed by atoms with Gasteiger partial charge >= 0.3 is 0 Å². The summed E-state index contributed by atoms with van der Waals surface area (Å²) in [5.74, 6) is 0. The van der Waals surface area contributed by atoms with Gasteiger partial charge in [-0.2, -0.15) is 0 Å². The second kappa shape index (κ2) is 5.90. The number of nitrogens with one attached hydrogen (secondary N) is 1. The molecule has 2 aromatic rings. The number of rotatable bonds is 4. The molecule has 0 spiro atoms. The molecule has 0 aromatic heterocycles. The summed E-state index contributed by atoms with van der Waals surface area (Å²) >= 11 is 0. The van der Waals surface area contributed by atoms with Crippen LogP contribution in [0.5, 0.6) is 0 Å². The van der Waals surface area contributed by atoms with Gasteiger partial charge < -0.3 is 14.8 Å². The van der Waals surface area contributed by atoms with Gasteiger partial charge in [0.25, 0.3) is 5.69 Å². The number of nitrogens with zero attached hydrogens (tertiary/aromatic N) is 1. The van der Waals surface area contributed by atoms with E-state index in [1.807, 2.05) is 24.3 Å². The van der Waals surface area contributed by atoms with Gasteiger partial charge in [0.1, 0.15) is 0 Å². The zero-order valence-corrected chi connectivity index (χ0v) is 11.2. The van der Waals surface area contributed by atoms with Crippen LogP contribution >= 0.6 is 0 Å². The molecule has 0 bridgehead atoms. The summed E-state index contributed by atoms with van der Waals surface area (Å²) in [6.45, 7) is 1.16.